The van der Waals surface area contributed by atoms with Crippen LogP contribution >= 0.6 is 15.9 Å². The van der Waals surface area contributed by atoms with Gasteiger partial charge in [0.2, 0.25) is 0 Å². The van der Waals surface area contributed by atoms with E-state index in [9.17, 15) is 9.59 Å². The molecule has 152 valence electrons. The first-order valence-corrected chi connectivity index (χ1v) is 11.2. The largest absolute Gasteiger partial charge is 0.272 e. The number of hydrazone groups is 1. The number of rotatable bonds is 2. The molecule has 3 aliphatic carbocycles. The van der Waals surface area contributed by atoms with E-state index in [1.807, 2.05) is 49.4 Å². The zero-order valence-corrected chi connectivity index (χ0v) is 18.4. The number of imide groups is 1. The predicted octanol–water partition coefficient (Wildman–Crippen LogP) is 4.98. The fourth-order valence-corrected chi connectivity index (χ4v) is 5.99. The van der Waals surface area contributed by atoms with Gasteiger partial charge in [-0.05, 0) is 46.4 Å². The quantitative estimate of drug-likeness (QED) is 0.391. The molecule has 2 bridgehead atoms. The fraction of sp³-hybridized carbons (Fsp3) is 0.192. The van der Waals surface area contributed by atoms with Crippen LogP contribution in [-0.4, -0.2) is 23.0 Å². The van der Waals surface area contributed by atoms with E-state index in [0.717, 1.165) is 20.6 Å². The third-order valence-corrected chi connectivity index (χ3v) is 7.80. The van der Waals surface area contributed by atoms with E-state index < -0.39 is 11.8 Å². The number of hydrogen-bond donors (Lipinski definition) is 0. The van der Waals surface area contributed by atoms with Crippen LogP contribution in [0, 0.1) is 18.8 Å². The van der Waals surface area contributed by atoms with Crippen LogP contribution in [-0.2, 0) is 9.59 Å². The number of halogens is 1. The van der Waals surface area contributed by atoms with Gasteiger partial charge in [-0.25, -0.2) is 0 Å². The summed E-state index contributed by atoms with van der Waals surface area (Å²) in [7, 11) is 0. The van der Waals surface area contributed by atoms with Crippen LogP contribution in [0.2, 0.25) is 0 Å². The lowest BCUT2D eigenvalue weighted by Gasteiger charge is -2.45. The highest BCUT2D eigenvalue weighted by molar-refractivity contribution is 9.10. The van der Waals surface area contributed by atoms with Gasteiger partial charge in [-0.2, -0.15) is 10.1 Å². The van der Waals surface area contributed by atoms with Gasteiger partial charge in [0.25, 0.3) is 11.8 Å². The normalized spacial score (nSPS) is 25.7. The summed E-state index contributed by atoms with van der Waals surface area (Å²) in [6.07, 6.45) is 1.60. The molecule has 7 rings (SSSR count). The predicted molar refractivity (Wildman–Crippen MR) is 122 cm³/mol. The molecule has 0 aromatic heterocycles. The van der Waals surface area contributed by atoms with Crippen molar-refractivity contribution in [1.82, 2.24) is 5.01 Å². The number of hydrogen-bond acceptors (Lipinski definition) is 3. The van der Waals surface area contributed by atoms with Crippen molar-refractivity contribution in [2.75, 3.05) is 0 Å². The van der Waals surface area contributed by atoms with Crippen LogP contribution in [0.15, 0.2) is 76.3 Å². The molecule has 4 aliphatic rings. The molecule has 3 aromatic carbocycles. The summed E-state index contributed by atoms with van der Waals surface area (Å²) in [6.45, 7) is 2.01. The van der Waals surface area contributed by atoms with Gasteiger partial charge in [0.15, 0.2) is 0 Å². The lowest BCUT2D eigenvalue weighted by molar-refractivity contribution is -0.139. The number of carbonyl (C=O) groups excluding carboxylic acids is 2. The zero-order valence-electron chi connectivity index (χ0n) is 16.8. The van der Waals surface area contributed by atoms with E-state index in [1.165, 1.54) is 22.3 Å². The van der Waals surface area contributed by atoms with Gasteiger partial charge in [-0.3, -0.25) is 9.59 Å². The van der Waals surface area contributed by atoms with Crippen molar-refractivity contribution in [2.45, 2.75) is 18.8 Å². The third-order valence-electron chi connectivity index (χ3n) is 6.94. The lowest BCUT2D eigenvalue weighted by Crippen LogP contribution is -2.41. The fourth-order valence-electron chi connectivity index (χ4n) is 5.59. The Balaban J connectivity index is 1.44. The van der Waals surface area contributed by atoms with Crippen LogP contribution in [0.5, 0.6) is 0 Å². The van der Waals surface area contributed by atoms with E-state index in [2.05, 4.69) is 45.3 Å². The Hall–Kier alpha value is -3.05. The van der Waals surface area contributed by atoms with Gasteiger partial charge in [0.05, 0.1) is 18.1 Å². The molecule has 0 unspecified atom stereocenters. The van der Waals surface area contributed by atoms with Crippen LogP contribution in [0.3, 0.4) is 0 Å². The summed E-state index contributed by atoms with van der Waals surface area (Å²) in [6, 6.07) is 22.3. The van der Waals surface area contributed by atoms with Gasteiger partial charge in [0.1, 0.15) is 0 Å². The Morgan fingerprint density at radius 2 is 1.29 bits per heavy atom. The van der Waals surface area contributed by atoms with Crippen molar-refractivity contribution >= 4 is 34.0 Å². The molecular weight excluding hydrogens is 452 g/mol. The Bertz CT molecular complexity index is 1180. The first kappa shape index (κ1) is 18.7. The third kappa shape index (κ3) is 2.56. The van der Waals surface area contributed by atoms with Gasteiger partial charge in [-0.1, -0.05) is 76.6 Å². The van der Waals surface area contributed by atoms with Crippen LogP contribution < -0.4 is 0 Å². The van der Waals surface area contributed by atoms with E-state index in [-0.39, 0.29) is 23.7 Å². The summed E-state index contributed by atoms with van der Waals surface area (Å²) in [5, 5.41) is 5.47. The van der Waals surface area contributed by atoms with Gasteiger partial charge < -0.3 is 0 Å². The van der Waals surface area contributed by atoms with Crippen molar-refractivity contribution < 1.29 is 9.59 Å². The highest BCUT2D eigenvalue weighted by Gasteiger charge is 2.61. The maximum absolute atomic E-state index is 13.5. The van der Waals surface area contributed by atoms with Crippen molar-refractivity contribution in [3.63, 3.8) is 0 Å². The maximum Gasteiger partial charge on any atom is 0.254 e. The van der Waals surface area contributed by atoms with Crippen LogP contribution in [0.1, 0.15) is 45.2 Å². The molecule has 4 nitrogen and oxygen atoms in total. The minimum atomic E-state index is -0.399. The second-order valence-electron chi connectivity index (χ2n) is 8.51. The molecule has 0 saturated carbocycles. The molecule has 0 spiro atoms. The smallest absolute Gasteiger partial charge is 0.254 e. The van der Waals surface area contributed by atoms with Gasteiger partial charge >= 0.3 is 0 Å². The Kier molecular flexibility index (Phi) is 4.06. The first-order valence-electron chi connectivity index (χ1n) is 10.4. The van der Waals surface area contributed by atoms with E-state index in [4.69, 9.17) is 0 Å². The van der Waals surface area contributed by atoms with E-state index in [1.54, 1.807) is 6.21 Å². The topological polar surface area (TPSA) is 49.7 Å². The summed E-state index contributed by atoms with van der Waals surface area (Å²) >= 11 is 3.52. The Morgan fingerprint density at radius 1 is 0.806 bits per heavy atom. The number of nitrogens with zero attached hydrogens (tertiary/aromatic N) is 2. The molecule has 3 aromatic rings. The molecule has 1 saturated heterocycles. The molecule has 0 N–H and O–H groups in total. The molecule has 1 heterocycles. The van der Waals surface area contributed by atoms with E-state index in [0.29, 0.717) is 0 Å². The summed E-state index contributed by atoms with van der Waals surface area (Å²) in [5.41, 5.74) is 6.62. The monoisotopic (exact) mass is 470 g/mol. The zero-order chi connectivity index (χ0) is 21.3. The highest BCUT2D eigenvalue weighted by atomic mass is 79.9. The molecule has 2 atom stereocenters. The van der Waals surface area contributed by atoms with Crippen molar-refractivity contribution in [3.8, 4) is 0 Å². The van der Waals surface area contributed by atoms with Gasteiger partial charge in [-0.15, -0.1) is 0 Å². The van der Waals surface area contributed by atoms with Crippen molar-refractivity contribution in [2.24, 2.45) is 16.9 Å². The number of amides is 2. The second-order valence-corrected chi connectivity index (χ2v) is 9.36. The molecule has 31 heavy (non-hydrogen) atoms. The highest BCUT2D eigenvalue weighted by Crippen LogP contribution is 2.60. The summed E-state index contributed by atoms with van der Waals surface area (Å²) in [4.78, 5) is 27.0. The standard InChI is InChI=1S/C26H19BrN2O2/c1-14-10-11-15(12-20(14)27)13-28-29-25(30)23-21-16-6-2-3-7-17(16)22(24(23)26(29)31)19-9-5-4-8-18(19)21/h2-13,21-24H,1H3/b28-13-/t21?,22?,23-,24+. The average molecular weight is 471 g/mol. The number of aryl methyl sites for hydroxylation is 1. The molecule has 0 radical (unpaired) electrons. The van der Waals surface area contributed by atoms with Gasteiger partial charge in [0, 0.05) is 16.3 Å². The van der Waals surface area contributed by atoms with E-state index >= 15 is 0 Å². The number of carbonyl (C=O) groups is 2. The molecule has 1 fully saturated rings. The molecular formula is C26H19BrN2O2. The number of benzene rings is 3. The van der Waals surface area contributed by atoms with Crippen LogP contribution in [0.25, 0.3) is 0 Å². The Labute approximate surface area is 188 Å². The maximum atomic E-state index is 13.5. The molecule has 2 amide bonds. The minimum Gasteiger partial charge on any atom is -0.272 e. The second kappa shape index (κ2) is 6.72. The molecule has 1 aliphatic heterocycles. The average Bonchev–Trinajstić information content (AvgIpc) is 3.05. The first-order chi connectivity index (χ1) is 15.1. The van der Waals surface area contributed by atoms with Crippen LogP contribution in [0.4, 0.5) is 0 Å². The summed E-state index contributed by atoms with van der Waals surface area (Å²) < 4.78 is 0.966. The van der Waals surface area contributed by atoms with Crippen molar-refractivity contribution in [3.05, 3.63) is 105 Å². The molecule has 5 heteroatoms. The lowest BCUT2D eigenvalue weighted by atomic mass is 9.55. The summed E-state index contributed by atoms with van der Waals surface area (Å²) in [5.74, 6) is -1.40. The minimum absolute atomic E-state index is 0.104. The SMILES string of the molecule is Cc1ccc(/C=N\N2C(=O)[C@@H]3C4c5ccccc5C(c5ccccc54)[C@@H]3C2=O)cc1Br. The Morgan fingerprint density at radius 3 is 1.74 bits per heavy atom. The van der Waals surface area contributed by atoms with Crippen molar-refractivity contribution in [1.29, 1.82) is 0 Å².